The Morgan fingerprint density at radius 1 is 1.38 bits per heavy atom. The van der Waals surface area contributed by atoms with Crippen LogP contribution < -0.4 is 10.2 Å². The molecule has 1 atom stereocenters. The summed E-state index contributed by atoms with van der Waals surface area (Å²) in [6, 6.07) is 5.21. The summed E-state index contributed by atoms with van der Waals surface area (Å²) in [5.74, 6) is 0. The number of hydrogen-bond donors (Lipinski definition) is 2. The Balaban J connectivity index is 2.98. The first-order chi connectivity index (χ1) is 9.78. The Labute approximate surface area is 131 Å². The maximum atomic E-state index is 12.6. The number of aliphatic hydroxyl groups excluding tert-OH is 1. The van der Waals surface area contributed by atoms with Crippen molar-refractivity contribution >= 4 is 21.6 Å². The Kier molecular flexibility index (Phi) is 6.96. The average molecular weight is 369 g/mol. The van der Waals surface area contributed by atoms with Gasteiger partial charge in [-0.15, -0.1) is 0 Å². The highest BCUT2D eigenvalue weighted by Crippen LogP contribution is 2.29. The quantitative estimate of drug-likeness (QED) is 0.773. The molecule has 0 radical (unpaired) electrons. The van der Waals surface area contributed by atoms with Gasteiger partial charge in [-0.3, -0.25) is 0 Å². The summed E-state index contributed by atoms with van der Waals surface area (Å²) < 4.78 is 38.5. The van der Waals surface area contributed by atoms with Crippen LogP contribution in [0, 0.1) is 0 Å². The molecule has 120 valence electrons. The Morgan fingerprint density at radius 3 is 2.52 bits per heavy atom. The zero-order valence-corrected chi connectivity index (χ0v) is 13.6. The number of alkyl halides is 3. The van der Waals surface area contributed by atoms with Crippen LogP contribution in [0.25, 0.3) is 0 Å². The van der Waals surface area contributed by atoms with Crippen LogP contribution in [0.2, 0.25) is 0 Å². The van der Waals surface area contributed by atoms with Crippen molar-refractivity contribution in [3.8, 4) is 0 Å². The molecule has 1 unspecified atom stereocenters. The summed E-state index contributed by atoms with van der Waals surface area (Å²) in [6.45, 7) is 3.31. The lowest BCUT2D eigenvalue weighted by atomic mass is 10.1. The van der Waals surface area contributed by atoms with Crippen molar-refractivity contribution in [2.45, 2.75) is 26.1 Å². The zero-order valence-electron chi connectivity index (χ0n) is 12.0. The van der Waals surface area contributed by atoms with Crippen molar-refractivity contribution in [2.24, 2.45) is 0 Å². The highest BCUT2D eigenvalue weighted by Gasteiger charge is 2.31. The van der Waals surface area contributed by atoms with E-state index >= 15 is 0 Å². The van der Waals surface area contributed by atoms with Gasteiger partial charge in [-0.2, -0.15) is 13.2 Å². The van der Waals surface area contributed by atoms with Gasteiger partial charge in [-0.25, -0.2) is 0 Å². The molecular weight excluding hydrogens is 349 g/mol. The van der Waals surface area contributed by atoms with E-state index in [0.29, 0.717) is 5.69 Å². The number of anilines is 1. The normalized spacial score (nSPS) is 13.3. The number of aliphatic hydroxyl groups is 1. The molecule has 0 saturated heterocycles. The molecule has 1 rings (SSSR count). The second kappa shape index (κ2) is 8.00. The largest absolute Gasteiger partial charge is 0.405 e. The molecular formula is C14H20BrF3N2O. The van der Waals surface area contributed by atoms with Crippen molar-refractivity contribution in [1.29, 1.82) is 0 Å². The van der Waals surface area contributed by atoms with E-state index in [1.807, 2.05) is 13.8 Å². The molecule has 1 aromatic carbocycles. The first-order valence-electron chi connectivity index (χ1n) is 6.74. The van der Waals surface area contributed by atoms with E-state index < -0.39 is 12.7 Å². The van der Waals surface area contributed by atoms with Crippen LogP contribution in [-0.2, 0) is 0 Å². The molecule has 0 fully saturated rings. The van der Waals surface area contributed by atoms with Crippen molar-refractivity contribution in [1.82, 2.24) is 5.32 Å². The van der Waals surface area contributed by atoms with E-state index in [9.17, 15) is 13.2 Å². The van der Waals surface area contributed by atoms with Crippen LogP contribution in [0.4, 0.5) is 18.9 Å². The predicted octanol–water partition coefficient (Wildman–Crippen LogP) is 3.48. The molecule has 0 spiro atoms. The Bertz CT molecular complexity index is 454. The molecule has 0 aliphatic heterocycles. The highest BCUT2D eigenvalue weighted by atomic mass is 79.9. The minimum absolute atomic E-state index is 0.0614. The van der Waals surface area contributed by atoms with Gasteiger partial charge in [-0.05, 0) is 31.2 Å². The van der Waals surface area contributed by atoms with Gasteiger partial charge in [0, 0.05) is 22.7 Å². The fourth-order valence-corrected chi connectivity index (χ4v) is 2.83. The number of halogens is 4. The molecule has 0 aromatic heterocycles. The lowest BCUT2D eigenvalue weighted by molar-refractivity contribution is -0.119. The molecule has 7 heteroatoms. The topological polar surface area (TPSA) is 35.5 Å². The molecule has 2 N–H and O–H groups in total. The number of hydrogen-bond acceptors (Lipinski definition) is 3. The van der Waals surface area contributed by atoms with E-state index in [1.54, 1.807) is 18.2 Å². The number of nitrogens with one attached hydrogen (secondary N) is 1. The van der Waals surface area contributed by atoms with Crippen LogP contribution in [0.1, 0.15) is 25.5 Å². The van der Waals surface area contributed by atoms with Crippen LogP contribution in [0.15, 0.2) is 22.7 Å². The van der Waals surface area contributed by atoms with Crippen molar-refractivity contribution in [3.63, 3.8) is 0 Å². The van der Waals surface area contributed by atoms with Gasteiger partial charge in [0.25, 0.3) is 0 Å². The highest BCUT2D eigenvalue weighted by molar-refractivity contribution is 9.10. The summed E-state index contributed by atoms with van der Waals surface area (Å²) in [7, 11) is 0. The molecule has 3 nitrogen and oxygen atoms in total. The number of nitrogens with zero attached hydrogens (tertiary/aromatic N) is 1. The SMILES string of the molecule is CCNC(C)c1ccc(N(CCO)CC(F)(F)F)cc1Br. The molecule has 0 aliphatic rings. The molecule has 0 aliphatic carbocycles. The standard InChI is InChI=1S/C14H20BrF3N2O/c1-3-19-10(2)12-5-4-11(8-13(12)15)20(6-7-21)9-14(16,17)18/h4-5,8,10,19,21H,3,6-7,9H2,1-2H3. The zero-order chi connectivity index (χ0) is 16.0. The van der Waals surface area contributed by atoms with Crippen molar-refractivity contribution < 1.29 is 18.3 Å². The van der Waals surface area contributed by atoms with Gasteiger partial charge < -0.3 is 15.3 Å². The van der Waals surface area contributed by atoms with Crippen molar-refractivity contribution in [2.75, 3.05) is 31.1 Å². The maximum Gasteiger partial charge on any atom is 0.405 e. The first kappa shape index (κ1) is 18.3. The second-order valence-electron chi connectivity index (χ2n) is 4.75. The summed E-state index contributed by atoms with van der Waals surface area (Å²) in [4.78, 5) is 1.12. The maximum absolute atomic E-state index is 12.6. The van der Waals surface area contributed by atoms with Crippen LogP contribution in [0.5, 0.6) is 0 Å². The summed E-state index contributed by atoms with van der Waals surface area (Å²) in [6.07, 6.45) is -4.31. The van der Waals surface area contributed by atoms with E-state index in [0.717, 1.165) is 21.5 Å². The minimum Gasteiger partial charge on any atom is -0.395 e. The third kappa shape index (κ3) is 5.84. The summed E-state index contributed by atoms with van der Waals surface area (Å²) in [5, 5.41) is 12.2. The molecule has 1 aromatic rings. The Hall–Kier alpha value is -0.790. The molecule has 21 heavy (non-hydrogen) atoms. The van der Waals surface area contributed by atoms with E-state index in [4.69, 9.17) is 5.11 Å². The van der Waals surface area contributed by atoms with Gasteiger partial charge in [0.1, 0.15) is 6.54 Å². The smallest absolute Gasteiger partial charge is 0.395 e. The number of rotatable bonds is 7. The molecule has 0 amide bonds. The fraction of sp³-hybridized carbons (Fsp3) is 0.571. The van der Waals surface area contributed by atoms with Gasteiger partial charge in [0.15, 0.2) is 0 Å². The van der Waals surface area contributed by atoms with Crippen molar-refractivity contribution in [3.05, 3.63) is 28.2 Å². The van der Waals surface area contributed by atoms with Crippen LogP contribution in [-0.4, -0.2) is 37.5 Å². The van der Waals surface area contributed by atoms with Crippen LogP contribution >= 0.6 is 15.9 Å². The van der Waals surface area contributed by atoms with E-state index in [-0.39, 0.29) is 19.2 Å². The molecule has 0 bridgehead atoms. The van der Waals surface area contributed by atoms with E-state index in [2.05, 4.69) is 21.2 Å². The lowest BCUT2D eigenvalue weighted by Crippen LogP contribution is -2.36. The summed E-state index contributed by atoms with van der Waals surface area (Å²) in [5.41, 5.74) is 1.41. The van der Waals surface area contributed by atoms with Gasteiger partial charge in [0.05, 0.1) is 6.61 Å². The monoisotopic (exact) mass is 368 g/mol. The second-order valence-corrected chi connectivity index (χ2v) is 5.60. The average Bonchev–Trinajstić information content (AvgIpc) is 2.36. The third-order valence-corrected chi connectivity index (χ3v) is 3.75. The predicted molar refractivity (Wildman–Crippen MR) is 81.6 cm³/mol. The Morgan fingerprint density at radius 2 is 2.05 bits per heavy atom. The van der Waals surface area contributed by atoms with Crippen LogP contribution in [0.3, 0.4) is 0 Å². The number of benzene rings is 1. The lowest BCUT2D eigenvalue weighted by Gasteiger charge is -2.26. The minimum atomic E-state index is -4.31. The third-order valence-electron chi connectivity index (χ3n) is 3.07. The van der Waals surface area contributed by atoms with E-state index in [1.165, 1.54) is 0 Å². The molecule has 0 saturated carbocycles. The molecule has 0 heterocycles. The fourth-order valence-electron chi connectivity index (χ4n) is 2.12. The van der Waals surface area contributed by atoms with Gasteiger partial charge in [-0.1, -0.05) is 28.9 Å². The van der Waals surface area contributed by atoms with Gasteiger partial charge >= 0.3 is 6.18 Å². The summed E-state index contributed by atoms with van der Waals surface area (Å²) >= 11 is 3.41. The van der Waals surface area contributed by atoms with Gasteiger partial charge in [0.2, 0.25) is 0 Å². The first-order valence-corrected chi connectivity index (χ1v) is 7.53.